The van der Waals surface area contributed by atoms with Crippen molar-refractivity contribution in [1.82, 2.24) is 9.36 Å². The Morgan fingerprint density at radius 1 is 0.900 bits per heavy atom. The number of benzene rings is 2. The van der Waals surface area contributed by atoms with E-state index in [9.17, 15) is 14.4 Å². The Bertz CT molecular complexity index is 1120. The summed E-state index contributed by atoms with van der Waals surface area (Å²) in [6, 6.07) is 16.7. The molecule has 0 saturated heterocycles. The summed E-state index contributed by atoms with van der Waals surface area (Å²) in [6.45, 7) is 3.69. The molecule has 3 aromatic rings. The SMILES string of the molecule is Cc1ccccc1NC(=O)CSCC(=O)Nc1c(C)n(C)n(-c2ccccc2)c1=O. The third kappa shape index (κ3) is 4.83. The number of aryl methyl sites for hydroxylation is 1. The van der Waals surface area contributed by atoms with Crippen molar-refractivity contribution < 1.29 is 9.59 Å². The maximum Gasteiger partial charge on any atom is 0.295 e. The average molecular weight is 425 g/mol. The van der Waals surface area contributed by atoms with Gasteiger partial charge in [0.1, 0.15) is 5.69 Å². The van der Waals surface area contributed by atoms with E-state index in [2.05, 4.69) is 10.6 Å². The Morgan fingerprint density at radius 2 is 1.50 bits per heavy atom. The molecule has 7 nitrogen and oxygen atoms in total. The highest BCUT2D eigenvalue weighted by Gasteiger charge is 2.18. The first-order valence-corrected chi connectivity index (χ1v) is 10.6. The number of carbonyl (C=O) groups is 2. The van der Waals surface area contributed by atoms with Crippen molar-refractivity contribution in [2.45, 2.75) is 13.8 Å². The zero-order valence-corrected chi connectivity index (χ0v) is 18.0. The second-order valence-corrected chi connectivity index (χ2v) is 7.83. The molecule has 0 aliphatic carbocycles. The van der Waals surface area contributed by atoms with E-state index in [0.29, 0.717) is 5.69 Å². The van der Waals surface area contributed by atoms with Gasteiger partial charge in [-0.15, -0.1) is 11.8 Å². The first-order valence-electron chi connectivity index (χ1n) is 9.45. The van der Waals surface area contributed by atoms with Gasteiger partial charge in [-0.25, -0.2) is 4.68 Å². The van der Waals surface area contributed by atoms with Crippen LogP contribution in [0, 0.1) is 13.8 Å². The van der Waals surface area contributed by atoms with Gasteiger partial charge in [-0.3, -0.25) is 19.1 Å². The van der Waals surface area contributed by atoms with Crippen molar-refractivity contribution in [3.05, 3.63) is 76.2 Å². The minimum atomic E-state index is -0.324. The fourth-order valence-electron chi connectivity index (χ4n) is 3.02. The fraction of sp³-hybridized carbons (Fsp3) is 0.227. The number of amides is 2. The van der Waals surface area contributed by atoms with Crippen LogP contribution in [0.15, 0.2) is 59.4 Å². The lowest BCUT2D eigenvalue weighted by molar-refractivity contribution is -0.114. The molecule has 156 valence electrons. The van der Waals surface area contributed by atoms with E-state index in [-0.39, 0.29) is 34.6 Å². The molecular weight excluding hydrogens is 400 g/mol. The van der Waals surface area contributed by atoms with Crippen molar-refractivity contribution in [3.63, 3.8) is 0 Å². The number of hydrogen-bond donors (Lipinski definition) is 2. The second-order valence-electron chi connectivity index (χ2n) is 6.84. The summed E-state index contributed by atoms with van der Waals surface area (Å²) in [6.07, 6.45) is 0. The maximum atomic E-state index is 12.8. The summed E-state index contributed by atoms with van der Waals surface area (Å²) in [5.74, 6) is -0.288. The van der Waals surface area contributed by atoms with Gasteiger partial charge in [0.2, 0.25) is 11.8 Å². The molecule has 0 saturated carbocycles. The number of para-hydroxylation sites is 2. The molecular formula is C22H24N4O3S. The number of rotatable bonds is 7. The van der Waals surface area contributed by atoms with E-state index in [1.54, 1.807) is 18.7 Å². The van der Waals surface area contributed by atoms with Crippen LogP contribution in [0.4, 0.5) is 11.4 Å². The summed E-state index contributed by atoms with van der Waals surface area (Å²) in [4.78, 5) is 37.3. The molecule has 8 heteroatoms. The van der Waals surface area contributed by atoms with Crippen molar-refractivity contribution in [2.75, 3.05) is 22.1 Å². The number of thioether (sulfide) groups is 1. The van der Waals surface area contributed by atoms with E-state index in [0.717, 1.165) is 16.9 Å². The number of carbonyl (C=O) groups excluding carboxylic acids is 2. The minimum Gasteiger partial charge on any atom is -0.325 e. The summed E-state index contributed by atoms with van der Waals surface area (Å²) < 4.78 is 3.21. The number of hydrogen-bond acceptors (Lipinski definition) is 4. The van der Waals surface area contributed by atoms with Crippen LogP contribution < -0.4 is 16.2 Å². The molecule has 2 aromatic carbocycles. The van der Waals surface area contributed by atoms with Gasteiger partial charge in [0.25, 0.3) is 5.56 Å². The van der Waals surface area contributed by atoms with Gasteiger partial charge in [-0.05, 0) is 37.6 Å². The van der Waals surface area contributed by atoms with Crippen molar-refractivity contribution >= 4 is 35.0 Å². The smallest absolute Gasteiger partial charge is 0.295 e. The van der Waals surface area contributed by atoms with E-state index in [4.69, 9.17) is 0 Å². The predicted octanol–water partition coefficient (Wildman–Crippen LogP) is 3.10. The van der Waals surface area contributed by atoms with Crippen LogP contribution in [0.1, 0.15) is 11.3 Å². The minimum absolute atomic E-state index is 0.0697. The molecule has 1 heterocycles. The number of anilines is 2. The predicted molar refractivity (Wildman–Crippen MR) is 122 cm³/mol. The van der Waals surface area contributed by atoms with Gasteiger partial charge < -0.3 is 10.6 Å². The third-order valence-electron chi connectivity index (χ3n) is 4.70. The highest BCUT2D eigenvalue weighted by Crippen LogP contribution is 2.16. The van der Waals surface area contributed by atoms with Gasteiger partial charge >= 0.3 is 0 Å². The van der Waals surface area contributed by atoms with Crippen LogP contribution in [0.5, 0.6) is 0 Å². The Balaban J connectivity index is 1.59. The highest BCUT2D eigenvalue weighted by atomic mass is 32.2. The van der Waals surface area contributed by atoms with Crippen LogP contribution in [-0.4, -0.2) is 32.7 Å². The zero-order valence-electron chi connectivity index (χ0n) is 17.1. The molecule has 0 radical (unpaired) electrons. The first kappa shape index (κ1) is 21.4. The van der Waals surface area contributed by atoms with E-state index in [1.165, 1.54) is 16.4 Å². The maximum absolute atomic E-state index is 12.8. The number of nitrogens with one attached hydrogen (secondary N) is 2. The molecule has 0 spiro atoms. The molecule has 1 aromatic heterocycles. The average Bonchev–Trinajstić information content (AvgIpc) is 2.93. The number of nitrogens with zero attached hydrogens (tertiary/aromatic N) is 2. The van der Waals surface area contributed by atoms with Crippen LogP contribution >= 0.6 is 11.8 Å². The van der Waals surface area contributed by atoms with E-state index < -0.39 is 0 Å². The molecule has 3 rings (SSSR count). The molecule has 2 amide bonds. The Hall–Kier alpha value is -3.26. The molecule has 0 unspecified atom stereocenters. The van der Waals surface area contributed by atoms with Crippen molar-refractivity contribution in [1.29, 1.82) is 0 Å². The molecule has 0 fully saturated rings. The standard InChI is InChI=1S/C22H24N4O3S/c1-15-9-7-8-12-18(15)23-19(27)13-30-14-20(28)24-21-16(2)25(3)26(22(21)29)17-10-5-4-6-11-17/h4-12H,13-14H2,1-3H3,(H,23,27)(H,24,28). The molecule has 0 aliphatic heterocycles. The first-order chi connectivity index (χ1) is 14.4. The van der Waals surface area contributed by atoms with Crippen LogP contribution in [0.25, 0.3) is 5.69 Å². The summed E-state index contributed by atoms with van der Waals surface area (Å²) in [5.41, 5.74) is 3.06. The molecule has 2 N–H and O–H groups in total. The summed E-state index contributed by atoms with van der Waals surface area (Å²) >= 11 is 1.19. The lowest BCUT2D eigenvalue weighted by Gasteiger charge is -2.08. The Morgan fingerprint density at radius 3 is 2.17 bits per heavy atom. The van der Waals surface area contributed by atoms with Gasteiger partial charge in [0.05, 0.1) is 22.9 Å². The fourth-order valence-corrected chi connectivity index (χ4v) is 3.64. The quantitative estimate of drug-likeness (QED) is 0.610. The van der Waals surface area contributed by atoms with Gasteiger partial charge in [-0.2, -0.15) is 0 Å². The zero-order chi connectivity index (χ0) is 21.7. The third-order valence-corrected chi connectivity index (χ3v) is 5.64. The van der Waals surface area contributed by atoms with Crippen LogP contribution in [0.2, 0.25) is 0 Å². The monoisotopic (exact) mass is 424 g/mol. The number of aromatic nitrogens is 2. The van der Waals surface area contributed by atoms with Crippen LogP contribution in [-0.2, 0) is 16.6 Å². The largest absolute Gasteiger partial charge is 0.325 e. The van der Waals surface area contributed by atoms with Gasteiger partial charge in [-0.1, -0.05) is 36.4 Å². The summed E-state index contributed by atoms with van der Waals surface area (Å²) in [7, 11) is 1.77. The van der Waals surface area contributed by atoms with E-state index in [1.807, 2.05) is 61.5 Å². The van der Waals surface area contributed by atoms with Gasteiger partial charge in [0.15, 0.2) is 0 Å². The van der Waals surface area contributed by atoms with Crippen LogP contribution in [0.3, 0.4) is 0 Å². The Kier molecular flexibility index (Phi) is 6.79. The Labute approximate surface area is 179 Å². The molecule has 30 heavy (non-hydrogen) atoms. The topological polar surface area (TPSA) is 85.1 Å². The lowest BCUT2D eigenvalue weighted by Crippen LogP contribution is -2.24. The molecule has 0 bridgehead atoms. The second kappa shape index (κ2) is 9.49. The van der Waals surface area contributed by atoms with Crippen molar-refractivity contribution in [3.8, 4) is 5.69 Å². The van der Waals surface area contributed by atoms with Crippen molar-refractivity contribution in [2.24, 2.45) is 7.05 Å². The van der Waals surface area contributed by atoms with E-state index >= 15 is 0 Å². The van der Waals surface area contributed by atoms with Gasteiger partial charge in [0, 0.05) is 12.7 Å². The highest BCUT2D eigenvalue weighted by molar-refractivity contribution is 8.00. The summed E-state index contributed by atoms with van der Waals surface area (Å²) in [5, 5.41) is 5.53. The normalized spacial score (nSPS) is 10.6. The molecule has 0 atom stereocenters. The molecule has 0 aliphatic rings. The lowest BCUT2D eigenvalue weighted by atomic mass is 10.2.